The Hall–Kier alpha value is -1.13. The molecule has 2 rings (SSSR count). The number of hydrogen-bond acceptors (Lipinski definition) is 4. The zero-order chi connectivity index (χ0) is 10.1. The summed E-state index contributed by atoms with van der Waals surface area (Å²) in [6, 6.07) is 3.58. The molecule has 1 heterocycles. The second-order valence-electron chi connectivity index (χ2n) is 3.53. The first-order chi connectivity index (χ1) is 6.66. The molecule has 1 atom stereocenters. The number of aromatic hydroxyl groups is 1. The first kappa shape index (κ1) is 11.9. The van der Waals surface area contributed by atoms with Crippen LogP contribution in [0.2, 0.25) is 0 Å². The molecule has 0 saturated carbocycles. The fraction of sp³-hybridized carbons (Fsp3) is 0.400. The Morgan fingerprint density at radius 3 is 2.87 bits per heavy atom. The monoisotopic (exact) mass is 231 g/mol. The Bertz CT molecular complexity index is 355. The van der Waals surface area contributed by atoms with Crippen LogP contribution in [-0.4, -0.2) is 17.9 Å². The van der Waals surface area contributed by atoms with Gasteiger partial charge in [-0.2, -0.15) is 0 Å². The second kappa shape index (κ2) is 4.59. The van der Waals surface area contributed by atoms with Crippen LogP contribution in [0.1, 0.15) is 12.5 Å². The number of hydrogen-bond donors (Lipinski definition) is 2. The van der Waals surface area contributed by atoms with Gasteiger partial charge in [-0.3, -0.25) is 0 Å². The molecular weight excluding hydrogens is 218 g/mol. The van der Waals surface area contributed by atoms with Gasteiger partial charge >= 0.3 is 0 Å². The van der Waals surface area contributed by atoms with Gasteiger partial charge in [-0.15, -0.1) is 12.4 Å². The van der Waals surface area contributed by atoms with Gasteiger partial charge in [0.2, 0.25) is 12.5 Å². The zero-order valence-electron chi connectivity index (χ0n) is 8.40. The normalized spacial score (nSPS) is 14.5. The fourth-order valence-electron chi connectivity index (χ4n) is 1.54. The Kier molecular flexibility index (Phi) is 3.66. The number of phenols is 1. The van der Waals surface area contributed by atoms with Crippen molar-refractivity contribution < 1.29 is 14.6 Å². The van der Waals surface area contributed by atoms with E-state index in [2.05, 4.69) is 0 Å². The Morgan fingerprint density at radius 1 is 1.47 bits per heavy atom. The third-order valence-electron chi connectivity index (χ3n) is 2.07. The second-order valence-corrected chi connectivity index (χ2v) is 3.53. The lowest BCUT2D eigenvalue weighted by Gasteiger charge is -2.07. The molecule has 0 saturated heterocycles. The summed E-state index contributed by atoms with van der Waals surface area (Å²) in [6.45, 7) is 2.09. The molecular formula is C10H14ClNO3. The summed E-state index contributed by atoms with van der Waals surface area (Å²) in [6.07, 6.45) is 0.712. The van der Waals surface area contributed by atoms with Crippen molar-refractivity contribution in [3.8, 4) is 17.2 Å². The van der Waals surface area contributed by atoms with Crippen LogP contribution in [0.25, 0.3) is 0 Å². The maximum Gasteiger partial charge on any atom is 0.231 e. The van der Waals surface area contributed by atoms with Crippen molar-refractivity contribution in [2.75, 3.05) is 6.79 Å². The van der Waals surface area contributed by atoms with E-state index in [0.29, 0.717) is 17.9 Å². The molecule has 0 fully saturated rings. The molecule has 84 valence electrons. The van der Waals surface area contributed by atoms with E-state index in [9.17, 15) is 5.11 Å². The third-order valence-corrected chi connectivity index (χ3v) is 2.07. The summed E-state index contributed by atoms with van der Waals surface area (Å²) in [5.74, 6) is 1.15. The molecule has 5 heteroatoms. The van der Waals surface area contributed by atoms with Crippen molar-refractivity contribution in [3.63, 3.8) is 0 Å². The van der Waals surface area contributed by atoms with Gasteiger partial charge < -0.3 is 20.3 Å². The van der Waals surface area contributed by atoms with Crippen molar-refractivity contribution in [2.24, 2.45) is 5.73 Å². The highest BCUT2D eigenvalue weighted by Crippen LogP contribution is 2.41. The topological polar surface area (TPSA) is 64.7 Å². The molecule has 3 N–H and O–H groups in total. The van der Waals surface area contributed by atoms with E-state index in [-0.39, 0.29) is 31.0 Å². The quantitative estimate of drug-likeness (QED) is 0.808. The predicted octanol–water partition coefficient (Wildman–Crippen LogP) is 1.43. The lowest BCUT2D eigenvalue weighted by molar-refractivity contribution is 0.171. The molecule has 1 aromatic rings. The van der Waals surface area contributed by atoms with Gasteiger partial charge in [0.15, 0.2) is 11.5 Å². The largest absolute Gasteiger partial charge is 0.504 e. The summed E-state index contributed by atoms with van der Waals surface area (Å²) in [4.78, 5) is 0. The number of phenolic OH excluding ortho intramolecular Hbond substituents is 1. The zero-order valence-corrected chi connectivity index (χ0v) is 9.21. The lowest BCUT2D eigenvalue weighted by atomic mass is 10.1. The highest BCUT2D eigenvalue weighted by molar-refractivity contribution is 5.85. The molecule has 0 radical (unpaired) electrons. The minimum atomic E-state index is 0. The van der Waals surface area contributed by atoms with Crippen molar-refractivity contribution in [1.29, 1.82) is 0 Å². The van der Waals surface area contributed by atoms with E-state index in [1.165, 1.54) is 0 Å². The van der Waals surface area contributed by atoms with Crippen LogP contribution in [0.15, 0.2) is 12.1 Å². The Balaban J connectivity index is 0.00000112. The van der Waals surface area contributed by atoms with Crippen molar-refractivity contribution in [1.82, 2.24) is 0 Å². The summed E-state index contributed by atoms with van der Waals surface area (Å²) < 4.78 is 10.3. The first-order valence-electron chi connectivity index (χ1n) is 4.54. The maximum atomic E-state index is 9.58. The standard InChI is InChI=1S/C10H13NO3.ClH/c1-6(11)2-7-3-8(12)10-9(4-7)13-5-14-10;/h3-4,6,12H,2,5,11H2,1H3;1H. The highest BCUT2D eigenvalue weighted by Gasteiger charge is 2.18. The molecule has 0 aromatic heterocycles. The molecule has 15 heavy (non-hydrogen) atoms. The fourth-order valence-corrected chi connectivity index (χ4v) is 1.54. The van der Waals surface area contributed by atoms with Gasteiger partial charge in [0.1, 0.15) is 0 Å². The molecule has 0 spiro atoms. The van der Waals surface area contributed by atoms with Crippen LogP contribution in [-0.2, 0) is 6.42 Å². The number of rotatable bonds is 2. The predicted molar refractivity (Wildman–Crippen MR) is 58.8 cm³/mol. The van der Waals surface area contributed by atoms with Crippen LogP contribution in [0.3, 0.4) is 0 Å². The van der Waals surface area contributed by atoms with Crippen LogP contribution >= 0.6 is 12.4 Å². The molecule has 0 bridgehead atoms. The van der Waals surface area contributed by atoms with Crippen LogP contribution in [0, 0.1) is 0 Å². The minimum Gasteiger partial charge on any atom is -0.504 e. The van der Waals surface area contributed by atoms with Crippen LogP contribution < -0.4 is 15.2 Å². The number of ether oxygens (including phenoxy) is 2. The highest BCUT2D eigenvalue weighted by atomic mass is 35.5. The number of nitrogens with two attached hydrogens (primary N) is 1. The lowest BCUT2D eigenvalue weighted by Crippen LogP contribution is -2.17. The average Bonchev–Trinajstić information content (AvgIpc) is 2.50. The number of fused-ring (bicyclic) bond motifs is 1. The van der Waals surface area contributed by atoms with Gasteiger partial charge in [-0.1, -0.05) is 0 Å². The number of benzene rings is 1. The van der Waals surface area contributed by atoms with Crippen molar-refractivity contribution in [3.05, 3.63) is 17.7 Å². The molecule has 1 aromatic carbocycles. The Labute approximate surface area is 94.4 Å². The van der Waals surface area contributed by atoms with Gasteiger partial charge in [0.05, 0.1) is 0 Å². The van der Waals surface area contributed by atoms with E-state index < -0.39 is 0 Å². The third kappa shape index (κ3) is 2.46. The van der Waals surface area contributed by atoms with E-state index in [1.807, 2.05) is 13.0 Å². The van der Waals surface area contributed by atoms with Crippen LogP contribution in [0.5, 0.6) is 17.2 Å². The first-order valence-corrected chi connectivity index (χ1v) is 4.54. The van der Waals surface area contributed by atoms with Crippen molar-refractivity contribution >= 4 is 12.4 Å². The molecule has 0 aliphatic carbocycles. The average molecular weight is 232 g/mol. The summed E-state index contributed by atoms with van der Waals surface area (Å²) in [5.41, 5.74) is 6.63. The van der Waals surface area contributed by atoms with E-state index >= 15 is 0 Å². The molecule has 1 aliphatic rings. The van der Waals surface area contributed by atoms with Gasteiger partial charge in [0, 0.05) is 6.04 Å². The van der Waals surface area contributed by atoms with Gasteiger partial charge in [-0.25, -0.2) is 0 Å². The molecule has 0 amide bonds. The summed E-state index contributed by atoms with van der Waals surface area (Å²) in [5, 5.41) is 9.58. The molecule has 4 nitrogen and oxygen atoms in total. The van der Waals surface area contributed by atoms with E-state index in [1.54, 1.807) is 6.07 Å². The molecule has 1 aliphatic heterocycles. The maximum absolute atomic E-state index is 9.58. The Morgan fingerprint density at radius 2 is 2.20 bits per heavy atom. The SMILES string of the molecule is CC(N)Cc1cc(O)c2c(c1)OCO2.Cl. The van der Waals surface area contributed by atoms with Crippen molar-refractivity contribution in [2.45, 2.75) is 19.4 Å². The summed E-state index contributed by atoms with van der Waals surface area (Å²) in [7, 11) is 0. The van der Waals surface area contributed by atoms with E-state index in [4.69, 9.17) is 15.2 Å². The smallest absolute Gasteiger partial charge is 0.231 e. The van der Waals surface area contributed by atoms with Gasteiger partial charge in [0.25, 0.3) is 0 Å². The van der Waals surface area contributed by atoms with E-state index in [0.717, 1.165) is 5.56 Å². The minimum absolute atomic E-state index is 0. The van der Waals surface area contributed by atoms with Gasteiger partial charge in [-0.05, 0) is 31.0 Å². The molecule has 1 unspecified atom stereocenters. The van der Waals surface area contributed by atoms with Crippen LogP contribution in [0.4, 0.5) is 0 Å². The number of halogens is 1. The summed E-state index contributed by atoms with van der Waals surface area (Å²) >= 11 is 0.